The third-order valence-electron chi connectivity index (χ3n) is 4.41. The maximum absolute atomic E-state index is 12.5. The maximum atomic E-state index is 12.5. The summed E-state index contributed by atoms with van der Waals surface area (Å²) in [5.41, 5.74) is 0.577. The number of nitrogens with zero attached hydrogens (tertiary/aromatic N) is 3. The van der Waals surface area contributed by atoms with Crippen LogP contribution in [0, 0.1) is 0 Å². The van der Waals surface area contributed by atoms with Crippen LogP contribution in [0.2, 0.25) is 0 Å². The molecule has 0 radical (unpaired) electrons. The molecule has 0 N–H and O–H groups in total. The lowest BCUT2D eigenvalue weighted by Crippen LogP contribution is -2.30. The SMILES string of the molecule is O=C(OCn1nnc2ccccc2c1=O)C1(c2ccccc2)CC1. The van der Waals surface area contributed by atoms with E-state index >= 15 is 0 Å². The monoisotopic (exact) mass is 321 g/mol. The van der Waals surface area contributed by atoms with E-state index in [1.807, 2.05) is 30.3 Å². The Morgan fingerprint density at radius 2 is 1.79 bits per heavy atom. The number of ether oxygens (including phenoxy) is 1. The molecule has 1 aliphatic carbocycles. The van der Waals surface area contributed by atoms with Crippen LogP contribution in [0.3, 0.4) is 0 Å². The average Bonchev–Trinajstić information content (AvgIpc) is 3.44. The molecule has 6 heteroatoms. The topological polar surface area (TPSA) is 74.1 Å². The lowest BCUT2D eigenvalue weighted by atomic mass is 9.96. The van der Waals surface area contributed by atoms with E-state index in [1.165, 1.54) is 0 Å². The van der Waals surface area contributed by atoms with Crippen molar-refractivity contribution in [3.8, 4) is 0 Å². The number of benzene rings is 2. The molecule has 3 aromatic rings. The number of carbonyl (C=O) groups excluding carboxylic acids is 1. The summed E-state index contributed by atoms with van der Waals surface area (Å²) in [5.74, 6) is -0.324. The molecule has 120 valence electrons. The maximum Gasteiger partial charge on any atom is 0.318 e. The van der Waals surface area contributed by atoms with Crippen LogP contribution in [0.25, 0.3) is 10.9 Å². The van der Waals surface area contributed by atoms with Gasteiger partial charge in [0.15, 0.2) is 6.73 Å². The number of rotatable bonds is 4. The summed E-state index contributed by atoms with van der Waals surface area (Å²) in [5, 5.41) is 8.26. The number of fused-ring (bicyclic) bond motifs is 1. The number of aromatic nitrogens is 3. The first-order valence-electron chi connectivity index (χ1n) is 7.76. The average molecular weight is 321 g/mol. The second kappa shape index (κ2) is 5.56. The van der Waals surface area contributed by atoms with E-state index in [1.54, 1.807) is 24.3 Å². The fourth-order valence-electron chi connectivity index (χ4n) is 2.86. The molecule has 0 amide bonds. The van der Waals surface area contributed by atoms with Crippen molar-refractivity contribution in [3.05, 3.63) is 70.5 Å². The number of hydrogen-bond donors (Lipinski definition) is 0. The first kappa shape index (κ1) is 14.6. The molecule has 0 atom stereocenters. The number of carbonyl (C=O) groups is 1. The molecule has 1 aromatic heterocycles. The van der Waals surface area contributed by atoms with Crippen molar-refractivity contribution < 1.29 is 9.53 Å². The smallest absolute Gasteiger partial charge is 0.318 e. The molecule has 1 saturated carbocycles. The molecular formula is C18H15N3O3. The van der Waals surface area contributed by atoms with Crippen molar-refractivity contribution in [2.24, 2.45) is 0 Å². The fourth-order valence-corrected chi connectivity index (χ4v) is 2.86. The zero-order valence-corrected chi connectivity index (χ0v) is 12.9. The van der Waals surface area contributed by atoms with E-state index in [0.717, 1.165) is 23.1 Å². The number of esters is 1. The largest absolute Gasteiger partial charge is 0.441 e. The Morgan fingerprint density at radius 1 is 1.08 bits per heavy atom. The molecular weight excluding hydrogens is 306 g/mol. The minimum absolute atomic E-state index is 0.232. The Bertz CT molecular complexity index is 962. The highest BCUT2D eigenvalue weighted by Gasteiger charge is 2.52. The lowest BCUT2D eigenvalue weighted by molar-refractivity contribution is -0.151. The highest BCUT2D eigenvalue weighted by atomic mass is 16.5. The van der Waals surface area contributed by atoms with Crippen LogP contribution >= 0.6 is 0 Å². The normalized spacial score (nSPS) is 15.2. The van der Waals surface area contributed by atoms with Crippen LogP contribution < -0.4 is 5.56 Å². The number of hydrogen-bond acceptors (Lipinski definition) is 5. The van der Waals surface area contributed by atoms with Gasteiger partial charge < -0.3 is 4.74 Å². The van der Waals surface area contributed by atoms with E-state index in [0.29, 0.717) is 10.9 Å². The van der Waals surface area contributed by atoms with Crippen LogP contribution in [0.15, 0.2) is 59.4 Å². The second-order valence-electron chi connectivity index (χ2n) is 5.92. The lowest BCUT2D eigenvalue weighted by Gasteiger charge is -2.15. The van der Waals surface area contributed by atoms with Gasteiger partial charge in [-0.15, -0.1) is 5.10 Å². The van der Waals surface area contributed by atoms with Gasteiger partial charge in [-0.3, -0.25) is 9.59 Å². The van der Waals surface area contributed by atoms with Gasteiger partial charge in [0.25, 0.3) is 5.56 Å². The second-order valence-corrected chi connectivity index (χ2v) is 5.92. The molecule has 0 aliphatic heterocycles. The van der Waals surface area contributed by atoms with Gasteiger partial charge in [-0.2, -0.15) is 4.68 Å². The third kappa shape index (κ3) is 2.36. The van der Waals surface area contributed by atoms with E-state index in [4.69, 9.17) is 4.74 Å². The van der Waals surface area contributed by atoms with Crippen LogP contribution in [-0.4, -0.2) is 21.0 Å². The van der Waals surface area contributed by atoms with Crippen molar-refractivity contribution in [1.29, 1.82) is 0 Å². The molecule has 4 rings (SSSR count). The van der Waals surface area contributed by atoms with Crippen molar-refractivity contribution in [2.75, 3.05) is 0 Å². The summed E-state index contributed by atoms with van der Waals surface area (Å²) in [7, 11) is 0. The molecule has 0 saturated heterocycles. The molecule has 1 fully saturated rings. The minimum Gasteiger partial charge on any atom is -0.441 e. The van der Waals surface area contributed by atoms with E-state index in [-0.39, 0.29) is 18.3 Å². The Balaban J connectivity index is 1.54. The molecule has 1 aliphatic rings. The van der Waals surface area contributed by atoms with Crippen molar-refractivity contribution >= 4 is 16.9 Å². The minimum atomic E-state index is -0.574. The molecule has 2 aromatic carbocycles. The molecule has 1 heterocycles. The van der Waals surface area contributed by atoms with Crippen molar-refractivity contribution in [2.45, 2.75) is 25.0 Å². The summed E-state index contributed by atoms with van der Waals surface area (Å²) >= 11 is 0. The zero-order valence-electron chi connectivity index (χ0n) is 12.9. The van der Waals surface area contributed by atoms with E-state index < -0.39 is 5.41 Å². The van der Waals surface area contributed by atoms with Crippen molar-refractivity contribution in [3.63, 3.8) is 0 Å². The van der Waals surface area contributed by atoms with Crippen LogP contribution in [0.4, 0.5) is 0 Å². The first-order valence-corrected chi connectivity index (χ1v) is 7.76. The summed E-state index contributed by atoms with van der Waals surface area (Å²) < 4.78 is 6.43. The summed E-state index contributed by atoms with van der Waals surface area (Å²) in [6.07, 6.45) is 1.52. The highest BCUT2D eigenvalue weighted by Crippen LogP contribution is 2.49. The Hall–Kier alpha value is -3.02. The standard InChI is InChI=1S/C18H15N3O3/c22-16-14-8-4-5-9-15(14)19-20-21(16)12-24-17(23)18(10-11-18)13-6-2-1-3-7-13/h1-9H,10-12H2. The van der Waals surface area contributed by atoms with Gasteiger partial charge in [-0.1, -0.05) is 47.7 Å². The van der Waals surface area contributed by atoms with Crippen molar-refractivity contribution in [1.82, 2.24) is 15.0 Å². The quantitative estimate of drug-likeness (QED) is 0.687. The predicted octanol–water partition coefficient (Wildman–Crippen LogP) is 2.02. The zero-order chi connectivity index (χ0) is 16.6. The van der Waals surface area contributed by atoms with Gasteiger partial charge in [0.05, 0.1) is 10.8 Å². The van der Waals surface area contributed by atoms with Gasteiger partial charge >= 0.3 is 5.97 Å². The fraction of sp³-hybridized carbons (Fsp3) is 0.222. The van der Waals surface area contributed by atoms with Gasteiger partial charge in [-0.05, 0) is 30.5 Å². The third-order valence-corrected chi connectivity index (χ3v) is 4.41. The van der Waals surface area contributed by atoms with E-state index in [2.05, 4.69) is 10.3 Å². The molecule has 0 bridgehead atoms. The summed E-state index contributed by atoms with van der Waals surface area (Å²) in [6, 6.07) is 16.5. The Morgan fingerprint density at radius 3 is 2.54 bits per heavy atom. The molecule has 0 spiro atoms. The highest BCUT2D eigenvalue weighted by molar-refractivity contribution is 5.86. The summed E-state index contributed by atoms with van der Waals surface area (Å²) in [6.45, 7) is -0.232. The molecule has 24 heavy (non-hydrogen) atoms. The molecule has 0 unspecified atom stereocenters. The van der Waals surface area contributed by atoms with Gasteiger partial charge in [-0.25, -0.2) is 0 Å². The van der Waals surface area contributed by atoms with Gasteiger partial charge in [0, 0.05) is 0 Å². The first-order chi connectivity index (χ1) is 11.7. The van der Waals surface area contributed by atoms with Crippen LogP contribution in [-0.2, 0) is 21.7 Å². The predicted molar refractivity (Wildman–Crippen MR) is 87.2 cm³/mol. The van der Waals surface area contributed by atoms with Crippen LogP contribution in [0.5, 0.6) is 0 Å². The Kier molecular flexibility index (Phi) is 3.37. The molecule has 6 nitrogen and oxygen atoms in total. The van der Waals surface area contributed by atoms with Gasteiger partial charge in [0.1, 0.15) is 5.52 Å². The van der Waals surface area contributed by atoms with Crippen LogP contribution in [0.1, 0.15) is 18.4 Å². The Labute approximate surface area is 137 Å². The summed E-state index contributed by atoms with van der Waals surface area (Å²) in [4.78, 5) is 24.8. The van der Waals surface area contributed by atoms with E-state index in [9.17, 15) is 9.59 Å². The van der Waals surface area contributed by atoms with Gasteiger partial charge in [0.2, 0.25) is 0 Å².